The van der Waals surface area contributed by atoms with Crippen molar-refractivity contribution in [2.45, 2.75) is 24.5 Å². The maximum absolute atomic E-state index is 5.38. The van der Waals surface area contributed by atoms with Gasteiger partial charge in [0.25, 0.3) is 0 Å². The van der Waals surface area contributed by atoms with Gasteiger partial charge in [0.05, 0.1) is 24.8 Å². The number of thioether (sulfide) groups is 1. The Morgan fingerprint density at radius 2 is 1.79 bits per heavy atom. The van der Waals surface area contributed by atoms with Gasteiger partial charge in [0, 0.05) is 11.3 Å². The van der Waals surface area contributed by atoms with E-state index in [0.29, 0.717) is 0 Å². The van der Waals surface area contributed by atoms with E-state index in [2.05, 4.69) is 5.16 Å². The van der Waals surface area contributed by atoms with E-state index in [0.717, 1.165) is 39.2 Å². The first-order valence-corrected chi connectivity index (χ1v) is 6.91. The number of benzene rings is 1. The minimum absolute atomic E-state index is 0.776. The first-order valence-electron chi connectivity index (χ1n) is 5.93. The van der Waals surface area contributed by atoms with E-state index in [-0.39, 0.29) is 0 Å². The summed E-state index contributed by atoms with van der Waals surface area (Å²) < 4.78 is 15.9. The summed E-state index contributed by atoms with van der Waals surface area (Å²) in [6, 6.07) is 5.77. The fourth-order valence-corrected chi connectivity index (χ4v) is 3.10. The molecule has 0 amide bonds. The predicted octanol–water partition coefficient (Wildman–Crippen LogP) is 3.60. The molecule has 0 fully saturated rings. The van der Waals surface area contributed by atoms with Gasteiger partial charge in [0.15, 0.2) is 0 Å². The third-order valence-corrected chi connectivity index (χ3v) is 4.05. The zero-order valence-corrected chi connectivity index (χ0v) is 12.3. The number of rotatable bonds is 5. The number of aryl methyl sites for hydroxylation is 2. The van der Waals surface area contributed by atoms with E-state index in [1.54, 1.807) is 26.0 Å². The van der Waals surface area contributed by atoms with E-state index in [9.17, 15) is 0 Å². The molecule has 0 unspecified atom stereocenters. The Hall–Kier alpha value is -1.62. The van der Waals surface area contributed by atoms with Crippen molar-refractivity contribution in [2.75, 3.05) is 14.2 Å². The van der Waals surface area contributed by atoms with Gasteiger partial charge in [-0.1, -0.05) is 11.2 Å². The van der Waals surface area contributed by atoms with Crippen molar-refractivity contribution in [1.29, 1.82) is 0 Å². The second-order valence-electron chi connectivity index (χ2n) is 4.08. The van der Waals surface area contributed by atoms with Crippen LogP contribution in [0.5, 0.6) is 11.5 Å². The van der Waals surface area contributed by atoms with Crippen LogP contribution in [0.3, 0.4) is 0 Å². The van der Waals surface area contributed by atoms with E-state index >= 15 is 0 Å². The van der Waals surface area contributed by atoms with Gasteiger partial charge in [0.2, 0.25) is 0 Å². The van der Waals surface area contributed by atoms with Crippen LogP contribution in [0, 0.1) is 13.8 Å². The summed E-state index contributed by atoms with van der Waals surface area (Å²) in [7, 11) is 3.32. The molecule has 0 bridgehead atoms. The quantitative estimate of drug-likeness (QED) is 0.782. The van der Waals surface area contributed by atoms with Gasteiger partial charge < -0.3 is 14.0 Å². The second-order valence-corrected chi connectivity index (χ2v) is 5.07. The van der Waals surface area contributed by atoms with E-state index < -0.39 is 0 Å². The van der Waals surface area contributed by atoms with E-state index in [1.807, 2.05) is 32.0 Å². The molecule has 19 heavy (non-hydrogen) atoms. The molecule has 2 aromatic rings. The minimum Gasteiger partial charge on any atom is -0.495 e. The Morgan fingerprint density at radius 3 is 2.26 bits per heavy atom. The summed E-state index contributed by atoms with van der Waals surface area (Å²) >= 11 is 1.66. The highest BCUT2D eigenvalue weighted by atomic mass is 32.2. The van der Waals surface area contributed by atoms with Crippen molar-refractivity contribution in [3.63, 3.8) is 0 Å². The molecule has 0 atom stereocenters. The average Bonchev–Trinajstić information content (AvgIpc) is 2.75. The van der Waals surface area contributed by atoms with Crippen molar-refractivity contribution in [3.8, 4) is 11.5 Å². The van der Waals surface area contributed by atoms with Gasteiger partial charge in [-0.3, -0.25) is 0 Å². The first kappa shape index (κ1) is 13.8. The molecule has 0 spiro atoms. The molecule has 1 aromatic carbocycles. The smallest absolute Gasteiger partial charge is 0.137 e. The standard InChI is InChI=1S/C14H17NO3S/c1-9-11(10(2)18-15-9)8-19-14-12(16-3)6-5-7-13(14)17-4/h5-7H,8H2,1-4H3. The first-order chi connectivity index (χ1) is 9.17. The lowest BCUT2D eigenvalue weighted by Gasteiger charge is -2.12. The zero-order valence-electron chi connectivity index (χ0n) is 11.5. The molecule has 0 saturated heterocycles. The number of methoxy groups -OCH3 is 2. The van der Waals surface area contributed by atoms with Gasteiger partial charge in [-0.15, -0.1) is 11.8 Å². The van der Waals surface area contributed by atoms with Crippen molar-refractivity contribution in [2.24, 2.45) is 0 Å². The molecule has 0 saturated carbocycles. The lowest BCUT2D eigenvalue weighted by molar-refractivity contribution is 0.376. The van der Waals surface area contributed by atoms with E-state index in [4.69, 9.17) is 14.0 Å². The van der Waals surface area contributed by atoms with Crippen LogP contribution in [0.25, 0.3) is 0 Å². The SMILES string of the molecule is COc1cccc(OC)c1SCc1c(C)noc1C. The van der Waals surface area contributed by atoms with E-state index in [1.165, 1.54) is 0 Å². The van der Waals surface area contributed by atoms with Crippen molar-refractivity contribution in [1.82, 2.24) is 5.16 Å². The van der Waals surface area contributed by atoms with Gasteiger partial charge >= 0.3 is 0 Å². The molecule has 0 aliphatic rings. The summed E-state index contributed by atoms with van der Waals surface area (Å²) in [5, 5.41) is 3.96. The molecule has 0 aliphatic heterocycles. The van der Waals surface area contributed by atoms with Crippen LogP contribution in [0.2, 0.25) is 0 Å². The molecule has 0 N–H and O–H groups in total. The topological polar surface area (TPSA) is 44.5 Å². The monoisotopic (exact) mass is 279 g/mol. The fraction of sp³-hybridized carbons (Fsp3) is 0.357. The fourth-order valence-electron chi connectivity index (χ4n) is 1.81. The van der Waals surface area contributed by atoms with Gasteiger partial charge in [-0.05, 0) is 26.0 Å². The third-order valence-electron chi connectivity index (χ3n) is 2.92. The van der Waals surface area contributed by atoms with Crippen molar-refractivity contribution in [3.05, 3.63) is 35.2 Å². The largest absolute Gasteiger partial charge is 0.495 e. The normalized spacial score (nSPS) is 10.5. The van der Waals surface area contributed by atoms with Gasteiger partial charge in [0.1, 0.15) is 17.3 Å². The lowest BCUT2D eigenvalue weighted by Crippen LogP contribution is -1.92. The molecule has 0 aliphatic carbocycles. The predicted molar refractivity (Wildman–Crippen MR) is 75.1 cm³/mol. The molecular weight excluding hydrogens is 262 g/mol. The number of ether oxygens (including phenoxy) is 2. The van der Waals surface area contributed by atoms with Crippen molar-refractivity contribution < 1.29 is 14.0 Å². The Bertz CT molecular complexity index is 524. The number of hydrogen-bond acceptors (Lipinski definition) is 5. The summed E-state index contributed by atoms with van der Waals surface area (Å²) in [5.74, 6) is 3.27. The summed E-state index contributed by atoms with van der Waals surface area (Å²) in [4.78, 5) is 0.993. The van der Waals surface area contributed by atoms with Crippen LogP contribution >= 0.6 is 11.8 Å². The molecule has 5 heteroatoms. The third kappa shape index (κ3) is 2.87. The molecule has 0 radical (unpaired) electrons. The highest BCUT2D eigenvalue weighted by Crippen LogP contribution is 2.39. The van der Waals surface area contributed by atoms with Gasteiger partial charge in [-0.25, -0.2) is 0 Å². The second kappa shape index (κ2) is 6.02. The lowest BCUT2D eigenvalue weighted by atomic mass is 10.2. The molecule has 1 heterocycles. The van der Waals surface area contributed by atoms with Crippen LogP contribution in [-0.2, 0) is 5.75 Å². The maximum Gasteiger partial charge on any atom is 0.137 e. The molecule has 2 rings (SSSR count). The average molecular weight is 279 g/mol. The summed E-state index contributed by atoms with van der Waals surface area (Å²) in [6.45, 7) is 3.88. The minimum atomic E-state index is 0.776. The Balaban J connectivity index is 2.24. The highest BCUT2D eigenvalue weighted by Gasteiger charge is 2.14. The Morgan fingerprint density at radius 1 is 1.16 bits per heavy atom. The van der Waals surface area contributed by atoms with Crippen LogP contribution in [0.15, 0.2) is 27.6 Å². The van der Waals surface area contributed by atoms with Crippen LogP contribution in [0.4, 0.5) is 0 Å². The molecule has 102 valence electrons. The Labute approximate surface area is 117 Å². The summed E-state index contributed by atoms with van der Waals surface area (Å²) in [5.41, 5.74) is 2.05. The number of aromatic nitrogens is 1. The molecule has 4 nitrogen and oxygen atoms in total. The number of hydrogen-bond donors (Lipinski definition) is 0. The van der Waals surface area contributed by atoms with Crippen molar-refractivity contribution >= 4 is 11.8 Å². The summed E-state index contributed by atoms with van der Waals surface area (Å²) in [6.07, 6.45) is 0. The Kier molecular flexibility index (Phi) is 4.37. The maximum atomic E-state index is 5.38. The zero-order chi connectivity index (χ0) is 13.8. The number of nitrogens with zero attached hydrogens (tertiary/aromatic N) is 1. The molecular formula is C14H17NO3S. The van der Waals surface area contributed by atoms with Crippen LogP contribution < -0.4 is 9.47 Å². The highest BCUT2D eigenvalue weighted by molar-refractivity contribution is 7.98. The van der Waals surface area contributed by atoms with Gasteiger partial charge in [-0.2, -0.15) is 0 Å². The molecule has 1 aromatic heterocycles. The van der Waals surface area contributed by atoms with Crippen LogP contribution in [0.1, 0.15) is 17.0 Å². The van der Waals surface area contributed by atoms with Crippen LogP contribution in [-0.4, -0.2) is 19.4 Å².